The van der Waals surface area contributed by atoms with Crippen molar-refractivity contribution in [2.45, 2.75) is 12.6 Å². The minimum atomic E-state index is -4.56. The van der Waals surface area contributed by atoms with Gasteiger partial charge in [0, 0.05) is 13.6 Å². The summed E-state index contributed by atoms with van der Waals surface area (Å²) in [6, 6.07) is 3.92. The number of esters is 1. The largest absolute Gasteiger partial charge is 0.469 e. The van der Waals surface area contributed by atoms with Gasteiger partial charge in [-0.25, -0.2) is 4.79 Å². The summed E-state index contributed by atoms with van der Waals surface area (Å²) in [4.78, 5) is 23.8. The molecule has 0 heterocycles. The minimum Gasteiger partial charge on any atom is -0.469 e. The predicted molar refractivity (Wildman–Crippen MR) is 69.7 cm³/mol. The number of para-hydroxylation sites is 1. The van der Waals surface area contributed by atoms with Gasteiger partial charge in [-0.05, 0) is 12.1 Å². The van der Waals surface area contributed by atoms with Gasteiger partial charge < -0.3 is 15.0 Å². The van der Waals surface area contributed by atoms with Crippen molar-refractivity contribution < 1.29 is 27.5 Å². The van der Waals surface area contributed by atoms with Crippen LogP contribution in [0.5, 0.6) is 0 Å². The Kier molecular flexibility index (Phi) is 5.57. The number of amides is 2. The summed E-state index contributed by atoms with van der Waals surface area (Å²) in [6.07, 6.45) is -4.60. The van der Waals surface area contributed by atoms with E-state index in [2.05, 4.69) is 10.1 Å². The first-order chi connectivity index (χ1) is 9.75. The van der Waals surface area contributed by atoms with E-state index in [4.69, 9.17) is 0 Å². The summed E-state index contributed by atoms with van der Waals surface area (Å²) in [7, 11) is 2.58. The highest BCUT2D eigenvalue weighted by Crippen LogP contribution is 2.34. The maximum Gasteiger partial charge on any atom is 0.418 e. The van der Waals surface area contributed by atoms with E-state index < -0.39 is 23.7 Å². The summed E-state index contributed by atoms with van der Waals surface area (Å²) in [5, 5.41) is 2.17. The van der Waals surface area contributed by atoms with Crippen LogP contribution < -0.4 is 5.32 Å². The van der Waals surface area contributed by atoms with Gasteiger partial charge in [-0.1, -0.05) is 12.1 Å². The quantitative estimate of drug-likeness (QED) is 0.870. The lowest BCUT2D eigenvalue weighted by Crippen LogP contribution is -2.33. The highest BCUT2D eigenvalue weighted by Gasteiger charge is 2.33. The lowest BCUT2D eigenvalue weighted by molar-refractivity contribution is -0.140. The van der Waals surface area contributed by atoms with E-state index in [9.17, 15) is 22.8 Å². The Morgan fingerprint density at radius 2 is 1.90 bits per heavy atom. The van der Waals surface area contributed by atoms with Gasteiger partial charge in [0.15, 0.2) is 0 Å². The van der Waals surface area contributed by atoms with Crippen molar-refractivity contribution >= 4 is 17.7 Å². The molecule has 0 spiro atoms. The van der Waals surface area contributed by atoms with Crippen molar-refractivity contribution in [1.82, 2.24) is 4.90 Å². The summed E-state index contributed by atoms with van der Waals surface area (Å²) < 4.78 is 42.7. The van der Waals surface area contributed by atoms with Crippen LogP contribution in [0, 0.1) is 0 Å². The number of alkyl halides is 3. The van der Waals surface area contributed by atoms with E-state index in [1.165, 1.54) is 26.3 Å². The van der Waals surface area contributed by atoms with Gasteiger partial charge in [0.1, 0.15) is 0 Å². The second-order valence-electron chi connectivity index (χ2n) is 4.22. The van der Waals surface area contributed by atoms with E-state index in [1.54, 1.807) is 0 Å². The van der Waals surface area contributed by atoms with E-state index >= 15 is 0 Å². The van der Waals surface area contributed by atoms with Crippen molar-refractivity contribution in [3.63, 3.8) is 0 Å². The molecule has 0 aliphatic carbocycles. The fraction of sp³-hybridized carbons (Fsp3) is 0.385. The Labute approximate surface area is 119 Å². The predicted octanol–water partition coefficient (Wildman–Crippen LogP) is 2.73. The molecular weight excluding hydrogens is 289 g/mol. The van der Waals surface area contributed by atoms with Gasteiger partial charge in [0.2, 0.25) is 0 Å². The number of carbonyl (C=O) groups is 2. The smallest absolute Gasteiger partial charge is 0.418 e. The molecule has 1 rings (SSSR count). The topological polar surface area (TPSA) is 58.6 Å². The van der Waals surface area contributed by atoms with Crippen LogP contribution in [-0.4, -0.2) is 37.6 Å². The van der Waals surface area contributed by atoms with Gasteiger partial charge >= 0.3 is 18.2 Å². The zero-order chi connectivity index (χ0) is 16.0. The summed E-state index contributed by atoms with van der Waals surface area (Å²) in [6.45, 7) is 0.0344. The third-order valence-electron chi connectivity index (χ3n) is 2.70. The monoisotopic (exact) mass is 304 g/mol. The van der Waals surface area contributed by atoms with Crippen LogP contribution in [0.2, 0.25) is 0 Å². The maximum absolute atomic E-state index is 12.8. The number of halogens is 3. The number of carbonyl (C=O) groups excluding carboxylic acids is 2. The van der Waals surface area contributed by atoms with Crippen molar-refractivity contribution in [2.75, 3.05) is 26.0 Å². The van der Waals surface area contributed by atoms with Crippen molar-refractivity contribution in [1.29, 1.82) is 0 Å². The minimum absolute atomic E-state index is 0.0344. The molecular formula is C13H15F3N2O3. The first kappa shape index (κ1) is 16.8. The summed E-state index contributed by atoms with van der Waals surface area (Å²) in [5.74, 6) is -0.509. The Bertz CT molecular complexity index is 518. The van der Waals surface area contributed by atoms with Crippen molar-refractivity contribution in [3.8, 4) is 0 Å². The van der Waals surface area contributed by atoms with Crippen LogP contribution in [0.15, 0.2) is 24.3 Å². The summed E-state index contributed by atoms with van der Waals surface area (Å²) in [5.41, 5.74) is -1.26. The van der Waals surface area contributed by atoms with Crippen LogP contribution in [0.1, 0.15) is 12.0 Å². The number of hydrogen-bond acceptors (Lipinski definition) is 3. The second kappa shape index (κ2) is 6.96. The van der Waals surface area contributed by atoms with E-state index in [0.29, 0.717) is 0 Å². The van der Waals surface area contributed by atoms with E-state index in [-0.39, 0.29) is 18.7 Å². The third-order valence-corrected chi connectivity index (χ3v) is 2.70. The van der Waals surface area contributed by atoms with Crippen molar-refractivity contribution in [2.24, 2.45) is 0 Å². The Morgan fingerprint density at radius 3 is 2.48 bits per heavy atom. The van der Waals surface area contributed by atoms with Gasteiger partial charge in [-0.3, -0.25) is 4.79 Å². The molecule has 5 nitrogen and oxygen atoms in total. The number of benzene rings is 1. The molecule has 0 aliphatic rings. The lowest BCUT2D eigenvalue weighted by Gasteiger charge is -2.19. The highest BCUT2D eigenvalue weighted by atomic mass is 19.4. The second-order valence-corrected chi connectivity index (χ2v) is 4.22. The standard InChI is InChI=1S/C13H15F3N2O3/c1-18(8-7-11(19)21-2)12(20)17-10-6-4-3-5-9(10)13(14,15)16/h3-6H,7-8H2,1-2H3,(H,17,20). The zero-order valence-electron chi connectivity index (χ0n) is 11.5. The molecule has 116 valence electrons. The first-order valence-corrected chi connectivity index (χ1v) is 6.01. The van der Waals surface area contributed by atoms with Crippen molar-refractivity contribution in [3.05, 3.63) is 29.8 Å². The SMILES string of the molecule is COC(=O)CCN(C)C(=O)Nc1ccccc1C(F)(F)F. The molecule has 0 saturated carbocycles. The molecule has 0 aromatic heterocycles. The molecule has 8 heteroatoms. The fourth-order valence-electron chi connectivity index (χ4n) is 1.51. The molecule has 0 aliphatic heterocycles. The van der Waals surface area contributed by atoms with Gasteiger partial charge in [-0.2, -0.15) is 13.2 Å². The molecule has 0 fully saturated rings. The molecule has 0 unspecified atom stereocenters. The Balaban J connectivity index is 2.73. The number of hydrogen-bond donors (Lipinski definition) is 1. The normalized spacial score (nSPS) is 10.9. The number of rotatable bonds is 4. The average molecular weight is 304 g/mol. The maximum atomic E-state index is 12.8. The van der Waals surface area contributed by atoms with Gasteiger partial charge in [-0.15, -0.1) is 0 Å². The number of ether oxygens (including phenoxy) is 1. The van der Waals surface area contributed by atoms with Crippen LogP contribution in [0.4, 0.5) is 23.7 Å². The molecule has 1 N–H and O–H groups in total. The van der Waals surface area contributed by atoms with Gasteiger partial charge in [0.05, 0.1) is 24.8 Å². The summed E-state index contributed by atoms with van der Waals surface area (Å²) >= 11 is 0. The Hall–Kier alpha value is -2.25. The van der Waals surface area contributed by atoms with E-state index in [0.717, 1.165) is 17.0 Å². The zero-order valence-corrected chi connectivity index (χ0v) is 11.5. The van der Waals surface area contributed by atoms with E-state index in [1.807, 2.05) is 0 Å². The first-order valence-electron chi connectivity index (χ1n) is 6.01. The lowest BCUT2D eigenvalue weighted by atomic mass is 10.1. The van der Waals surface area contributed by atoms with Gasteiger partial charge in [0.25, 0.3) is 0 Å². The van der Waals surface area contributed by atoms with Crippen LogP contribution in [0.25, 0.3) is 0 Å². The molecule has 0 atom stereocenters. The van der Waals surface area contributed by atoms with Crippen LogP contribution in [-0.2, 0) is 15.7 Å². The van der Waals surface area contributed by atoms with Crippen LogP contribution in [0.3, 0.4) is 0 Å². The Morgan fingerprint density at radius 1 is 1.29 bits per heavy atom. The molecule has 0 bridgehead atoms. The number of methoxy groups -OCH3 is 1. The number of nitrogens with zero attached hydrogens (tertiary/aromatic N) is 1. The molecule has 0 saturated heterocycles. The number of nitrogens with one attached hydrogen (secondary N) is 1. The fourth-order valence-corrected chi connectivity index (χ4v) is 1.51. The molecule has 1 aromatic carbocycles. The third kappa shape index (κ3) is 4.97. The highest BCUT2D eigenvalue weighted by molar-refractivity contribution is 5.90. The molecule has 0 radical (unpaired) electrons. The number of urea groups is 1. The molecule has 1 aromatic rings. The average Bonchev–Trinajstić information content (AvgIpc) is 2.43. The molecule has 21 heavy (non-hydrogen) atoms. The molecule has 2 amide bonds. The number of anilines is 1. The van der Waals surface area contributed by atoms with Crippen LogP contribution >= 0.6 is 0 Å².